The molecule has 1 saturated heterocycles. The molecule has 0 atom stereocenters. The van der Waals surface area contributed by atoms with E-state index >= 15 is 0 Å². The summed E-state index contributed by atoms with van der Waals surface area (Å²) in [5.74, 6) is -0.406. The molecule has 9 heteroatoms. The van der Waals surface area contributed by atoms with Gasteiger partial charge in [-0.3, -0.25) is 24.6 Å². The maximum atomic E-state index is 12.8. The third kappa shape index (κ3) is 3.87. The fraction of sp³-hybridized carbons (Fsp3) is 0.0476. The molecule has 0 radical (unpaired) electrons. The van der Waals surface area contributed by atoms with E-state index in [0.29, 0.717) is 22.0 Å². The van der Waals surface area contributed by atoms with Gasteiger partial charge in [0.1, 0.15) is 0 Å². The number of halogens is 1. The van der Waals surface area contributed by atoms with E-state index in [2.05, 4.69) is 0 Å². The van der Waals surface area contributed by atoms with E-state index in [4.69, 9.17) is 11.6 Å². The monoisotopic (exact) mass is 439 g/mol. The average molecular weight is 440 g/mol. The first kappa shape index (κ1) is 19.9. The fourth-order valence-corrected chi connectivity index (χ4v) is 4.09. The lowest BCUT2D eigenvalue weighted by molar-refractivity contribution is -0.384. The zero-order chi connectivity index (χ0) is 21.3. The molecule has 7 nitrogen and oxygen atoms in total. The predicted molar refractivity (Wildman–Crippen MR) is 115 cm³/mol. The number of non-ortho nitro benzene ring substituents is 1. The summed E-state index contributed by atoms with van der Waals surface area (Å²) in [6.45, 7) is 0.0908. The Morgan fingerprint density at radius 3 is 2.63 bits per heavy atom. The standard InChI is InChI=1S/C21H14ClN3O4S/c22-18-9-2-1-5-14(18)13-24-20(26)19(30-21(24)27)12-16-8-4-10-23(16)15-6-3-7-17(11-15)25(28)29/h1-12H,13H2/b19-12-. The van der Waals surface area contributed by atoms with Crippen LogP contribution in [0, 0.1) is 10.1 Å². The van der Waals surface area contributed by atoms with Gasteiger partial charge in [0.2, 0.25) is 0 Å². The van der Waals surface area contributed by atoms with Gasteiger partial charge in [0, 0.05) is 29.0 Å². The van der Waals surface area contributed by atoms with Gasteiger partial charge in [-0.05, 0) is 47.7 Å². The van der Waals surface area contributed by atoms with Gasteiger partial charge in [0.15, 0.2) is 0 Å². The van der Waals surface area contributed by atoms with Crippen LogP contribution in [0.4, 0.5) is 10.5 Å². The van der Waals surface area contributed by atoms with Gasteiger partial charge in [-0.25, -0.2) is 0 Å². The van der Waals surface area contributed by atoms with Crippen LogP contribution in [0.3, 0.4) is 0 Å². The molecule has 30 heavy (non-hydrogen) atoms. The molecule has 0 bridgehead atoms. The van der Waals surface area contributed by atoms with Crippen LogP contribution in [0.2, 0.25) is 5.02 Å². The Hall–Kier alpha value is -3.36. The molecular formula is C21H14ClN3O4S. The van der Waals surface area contributed by atoms with Crippen molar-refractivity contribution in [3.05, 3.63) is 98.2 Å². The molecule has 0 aliphatic carbocycles. The van der Waals surface area contributed by atoms with Gasteiger partial charge >= 0.3 is 0 Å². The number of nitro groups is 1. The Kier molecular flexibility index (Phi) is 5.43. The van der Waals surface area contributed by atoms with Crippen molar-refractivity contribution in [3.63, 3.8) is 0 Å². The van der Waals surface area contributed by atoms with Crippen LogP contribution in [-0.4, -0.2) is 25.5 Å². The summed E-state index contributed by atoms with van der Waals surface area (Å²) in [5, 5.41) is 11.2. The topological polar surface area (TPSA) is 85.5 Å². The Bertz CT molecular complexity index is 1200. The number of hydrogen-bond donors (Lipinski definition) is 0. The number of aromatic nitrogens is 1. The summed E-state index contributed by atoms with van der Waals surface area (Å²) in [6, 6.07) is 16.7. The van der Waals surface area contributed by atoms with Crippen molar-refractivity contribution < 1.29 is 14.5 Å². The number of nitro benzene ring substituents is 1. The minimum atomic E-state index is -0.466. The van der Waals surface area contributed by atoms with Crippen molar-refractivity contribution in [2.45, 2.75) is 6.54 Å². The second kappa shape index (κ2) is 8.17. The van der Waals surface area contributed by atoms with Crippen molar-refractivity contribution in [1.29, 1.82) is 0 Å². The summed E-state index contributed by atoms with van der Waals surface area (Å²) < 4.78 is 1.72. The molecular weight excluding hydrogens is 426 g/mol. The van der Waals surface area contributed by atoms with Crippen LogP contribution >= 0.6 is 23.4 Å². The maximum absolute atomic E-state index is 12.8. The predicted octanol–water partition coefficient (Wildman–Crippen LogP) is 5.28. The molecule has 2 amide bonds. The van der Waals surface area contributed by atoms with Gasteiger partial charge in [-0.1, -0.05) is 35.9 Å². The van der Waals surface area contributed by atoms with E-state index in [0.717, 1.165) is 16.7 Å². The minimum Gasteiger partial charge on any atom is -0.317 e. The molecule has 150 valence electrons. The van der Waals surface area contributed by atoms with Crippen molar-refractivity contribution in [1.82, 2.24) is 9.47 Å². The van der Waals surface area contributed by atoms with Crippen molar-refractivity contribution in [3.8, 4) is 5.69 Å². The van der Waals surface area contributed by atoms with Crippen molar-refractivity contribution in [2.75, 3.05) is 0 Å². The molecule has 4 rings (SSSR count). The van der Waals surface area contributed by atoms with Crippen LogP contribution in [0.1, 0.15) is 11.3 Å². The number of imide groups is 1. The third-order valence-corrected chi connectivity index (χ3v) is 5.81. The average Bonchev–Trinajstić information content (AvgIpc) is 3.30. The zero-order valence-corrected chi connectivity index (χ0v) is 17.0. The zero-order valence-electron chi connectivity index (χ0n) is 15.4. The largest absolute Gasteiger partial charge is 0.317 e. The normalized spacial score (nSPS) is 15.2. The van der Waals surface area contributed by atoms with E-state index in [1.807, 2.05) is 0 Å². The van der Waals surface area contributed by atoms with E-state index in [-0.39, 0.29) is 22.4 Å². The Morgan fingerprint density at radius 1 is 1.07 bits per heavy atom. The Morgan fingerprint density at radius 2 is 1.87 bits per heavy atom. The van der Waals surface area contributed by atoms with Gasteiger partial charge < -0.3 is 4.57 Å². The van der Waals surface area contributed by atoms with Gasteiger partial charge in [0.25, 0.3) is 16.8 Å². The molecule has 1 aliphatic rings. The number of amides is 2. The van der Waals surface area contributed by atoms with Crippen molar-refractivity contribution in [2.24, 2.45) is 0 Å². The number of nitrogens with zero attached hydrogens (tertiary/aromatic N) is 3. The number of benzene rings is 2. The smallest absolute Gasteiger partial charge is 0.293 e. The van der Waals surface area contributed by atoms with Crippen molar-refractivity contribution >= 4 is 46.3 Å². The van der Waals surface area contributed by atoms with E-state index in [9.17, 15) is 19.7 Å². The first-order valence-corrected chi connectivity index (χ1v) is 10.0. The van der Waals surface area contributed by atoms with Crippen LogP contribution < -0.4 is 0 Å². The SMILES string of the molecule is O=C1S/C(=C\c2cccn2-c2cccc([N+](=O)[O-])c2)C(=O)N1Cc1ccccc1Cl. The summed E-state index contributed by atoms with van der Waals surface area (Å²) in [6.07, 6.45) is 3.34. The second-order valence-corrected chi connectivity index (χ2v) is 7.84. The third-order valence-electron chi connectivity index (χ3n) is 4.54. The highest BCUT2D eigenvalue weighted by Gasteiger charge is 2.35. The first-order valence-electron chi connectivity index (χ1n) is 8.85. The lowest BCUT2D eigenvalue weighted by Crippen LogP contribution is -2.27. The quantitative estimate of drug-likeness (QED) is 0.307. The van der Waals surface area contributed by atoms with Crippen LogP contribution in [0.15, 0.2) is 71.8 Å². The van der Waals surface area contributed by atoms with E-state index in [1.165, 1.54) is 12.1 Å². The minimum absolute atomic E-state index is 0.0350. The van der Waals surface area contributed by atoms with Gasteiger partial charge in [-0.15, -0.1) is 0 Å². The van der Waals surface area contributed by atoms with Crippen LogP contribution in [0.25, 0.3) is 11.8 Å². The molecule has 2 heterocycles. The number of thioether (sulfide) groups is 1. The Balaban J connectivity index is 1.63. The lowest BCUT2D eigenvalue weighted by atomic mass is 10.2. The highest BCUT2D eigenvalue weighted by atomic mass is 35.5. The van der Waals surface area contributed by atoms with Gasteiger partial charge in [0.05, 0.1) is 22.1 Å². The number of carbonyl (C=O) groups excluding carboxylic acids is 2. The molecule has 1 aliphatic heterocycles. The number of hydrogen-bond acceptors (Lipinski definition) is 5. The summed E-state index contributed by atoms with van der Waals surface area (Å²) in [7, 11) is 0. The van der Waals surface area contributed by atoms with E-state index < -0.39 is 10.8 Å². The number of rotatable bonds is 5. The van der Waals surface area contributed by atoms with Crippen LogP contribution in [0.5, 0.6) is 0 Å². The molecule has 1 aromatic heterocycles. The highest BCUT2D eigenvalue weighted by Crippen LogP contribution is 2.34. The molecule has 0 spiro atoms. The molecule has 1 fully saturated rings. The maximum Gasteiger partial charge on any atom is 0.293 e. The van der Waals surface area contributed by atoms with Gasteiger partial charge in [-0.2, -0.15) is 0 Å². The van der Waals surface area contributed by atoms with E-state index in [1.54, 1.807) is 65.4 Å². The first-order chi connectivity index (χ1) is 14.4. The second-order valence-electron chi connectivity index (χ2n) is 6.44. The lowest BCUT2D eigenvalue weighted by Gasteiger charge is -2.13. The molecule has 3 aromatic rings. The number of carbonyl (C=O) groups is 2. The Labute approximate surface area is 180 Å². The molecule has 0 N–H and O–H groups in total. The fourth-order valence-electron chi connectivity index (χ4n) is 3.07. The summed E-state index contributed by atoms with van der Waals surface area (Å²) >= 11 is 7.00. The summed E-state index contributed by atoms with van der Waals surface area (Å²) in [4.78, 5) is 37.3. The molecule has 0 saturated carbocycles. The molecule has 2 aromatic carbocycles. The van der Waals surface area contributed by atoms with Crippen LogP contribution in [-0.2, 0) is 11.3 Å². The highest BCUT2D eigenvalue weighted by molar-refractivity contribution is 8.18. The molecule has 0 unspecified atom stereocenters. The summed E-state index contributed by atoms with van der Waals surface area (Å²) in [5.41, 5.74) is 1.85.